The molecular formula is C24H21FN2O3. The highest BCUT2D eigenvalue weighted by Gasteiger charge is 2.45. The van der Waals surface area contributed by atoms with E-state index < -0.39 is 5.91 Å². The van der Waals surface area contributed by atoms with Gasteiger partial charge in [-0.25, -0.2) is 4.39 Å². The summed E-state index contributed by atoms with van der Waals surface area (Å²) in [6, 6.07) is 23.6. The zero-order chi connectivity index (χ0) is 20.9. The first-order valence-corrected chi connectivity index (χ1v) is 9.74. The Bertz CT molecular complexity index is 1060. The van der Waals surface area contributed by atoms with Crippen LogP contribution in [0.15, 0.2) is 78.9 Å². The predicted octanol–water partition coefficient (Wildman–Crippen LogP) is 3.82. The summed E-state index contributed by atoms with van der Waals surface area (Å²) in [5, 5.41) is 0. The summed E-state index contributed by atoms with van der Waals surface area (Å²) in [5.41, 5.74) is 7.16. The lowest BCUT2D eigenvalue weighted by atomic mass is 10.1. The van der Waals surface area contributed by atoms with Gasteiger partial charge in [0.1, 0.15) is 11.6 Å². The number of halogens is 1. The molecule has 1 saturated carbocycles. The highest BCUT2D eigenvalue weighted by molar-refractivity contribution is 5.86. The van der Waals surface area contributed by atoms with Gasteiger partial charge in [0.05, 0.1) is 0 Å². The van der Waals surface area contributed by atoms with E-state index in [1.165, 1.54) is 6.07 Å². The van der Waals surface area contributed by atoms with Gasteiger partial charge in [0.25, 0.3) is 5.91 Å². The molecule has 1 aliphatic rings. The monoisotopic (exact) mass is 404 g/mol. The quantitative estimate of drug-likeness (QED) is 0.614. The van der Waals surface area contributed by atoms with Gasteiger partial charge in [-0.2, -0.15) is 0 Å². The Hall–Kier alpha value is -3.67. The van der Waals surface area contributed by atoms with Gasteiger partial charge in [0.15, 0.2) is 6.61 Å². The molecule has 2 atom stereocenters. The highest BCUT2D eigenvalue weighted by Crippen LogP contribution is 2.48. The number of benzene rings is 3. The van der Waals surface area contributed by atoms with Crippen molar-refractivity contribution in [2.45, 2.75) is 12.3 Å². The number of amides is 2. The van der Waals surface area contributed by atoms with Crippen molar-refractivity contribution in [3.05, 3.63) is 90.2 Å². The topological polar surface area (TPSA) is 67.4 Å². The summed E-state index contributed by atoms with van der Waals surface area (Å²) in [6.07, 6.45) is 0.559. The lowest BCUT2D eigenvalue weighted by Gasteiger charge is -2.12. The van der Waals surface area contributed by atoms with E-state index in [0.29, 0.717) is 17.7 Å². The van der Waals surface area contributed by atoms with Gasteiger partial charge < -0.3 is 4.74 Å². The molecule has 2 amide bonds. The van der Waals surface area contributed by atoms with E-state index in [0.717, 1.165) is 11.1 Å². The summed E-state index contributed by atoms with van der Waals surface area (Å²) in [5.74, 6) is -1.05. The minimum atomic E-state index is -0.477. The van der Waals surface area contributed by atoms with Crippen LogP contribution in [-0.2, 0) is 9.59 Å². The van der Waals surface area contributed by atoms with E-state index in [9.17, 15) is 14.0 Å². The number of nitrogens with one attached hydrogen (secondary N) is 2. The van der Waals surface area contributed by atoms with Crippen molar-refractivity contribution in [2.24, 2.45) is 5.92 Å². The fourth-order valence-corrected chi connectivity index (χ4v) is 3.46. The second-order valence-electron chi connectivity index (χ2n) is 7.16. The highest BCUT2D eigenvalue weighted by atomic mass is 19.1. The van der Waals surface area contributed by atoms with Crippen molar-refractivity contribution >= 4 is 11.8 Å². The number of ether oxygens (including phenoxy) is 1. The van der Waals surface area contributed by atoms with Crippen LogP contribution < -0.4 is 15.6 Å². The Labute approximate surface area is 173 Å². The van der Waals surface area contributed by atoms with Crippen molar-refractivity contribution < 1.29 is 18.7 Å². The number of carbonyl (C=O) groups is 2. The number of hydrogen-bond acceptors (Lipinski definition) is 3. The molecular weight excluding hydrogens is 383 g/mol. The number of rotatable bonds is 6. The van der Waals surface area contributed by atoms with Crippen molar-refractivity contribution in [1.29, 1.82) is 0 Å². The molecule has 3 aromatic rings. The van der Waals surface area contributed by atoms with Crippen LogP contribution in [0.1, 0.15) is 17.9 Å². The van der Waals surface area contributed by atoms with Gasteiger partial charge in [-0.3, -0.25) is 20.4 Å². The molecule has 1 fully saturated rings. The first kappa shape index (κ1) is 19.6. The fourth-order valence-electron chi connectivity index (χ4n) is 3.46. The SMILES string of the molecule is O=C(COc1ccccc1-c1ccccc1)NNC(=O)C1CC1c1ccccc1F. The minimum absolute atomic E-state index is 0.155. The molecule has 1 aliphatic carbocycles. The second-order valence-corrected chi connectivity index (χ2v) is 7.16. The average molecular weight is 404 g/mol. The Morgan fingerprint density at radius 3 is 2.40 bits per heavy atom. The van der Waals surface area contributed by atoms with Crippen LogP contribution in [-0.4, -0.2) is 18.4 Å². The van der Waals surface area contributed by atoms with Gasteiger partial charge in [0, 0.05) is 11.5 Å². The Morgan fingerprint density at radius 1 is 0.900 bits per heavy atom. The maximum Gasteiger partial charge on any atom is 0.276 e. The van der Waals surface area contributed by atoms with E-state index in [2.05, 4.69) is 10.9 Å². The van der Waals surface area contributed by atoms with Crippen molar-refractivity contribution in [3.63, 3.8) is 0 Å². The van der Waals surface area contributed by atoms with Crippen molar-refractivity contribution in [3.8, 4) is 16.9 Å². The molecule has 0 aromatic heterocycles. The molecule has 0 heterocycles. The van der Waals surface area contributed by atoms with E-state index in [-0.39, 0.29) is 30.2 Å². The molecule has 6 heteroatoms. The standard InChI is InChI=1S/C24H21FN2O3/c25-21-12-6-4-11-18(21)19-14-20(19)24(29)27-26-23(28)15-30-22-13-7-5-10-17(22)16-8-2-1-3-9-16/h1-13,19-20H,14-15H2,(H,26,28)(H,27,29). The minimum Gasteiger partial charge on any atom is -0.483 e. The zero-order valence-corrected chi connectivity index (χ0v) is 16.2. The van der Waals surface area contributed by atoms with Crippen molar-refractivity contribution in [1.82, 2.24) is 10.9 Å². The Balaban J connectivity index is 1.28. The van der Waals surface area contributed by atoms with Crippen LogP contribution >= 0.6 is 0 Å². The summed E-state index contributed by atoms with van der Waals surface area (Å²) in [7, 11) is 0. The number of hydrazine groups is 1. The molecule has 0 radical (unpaired) electrons. The normalized spacial score (nSPS) is 17.1. The molecule has 4 rings (SSSR count). The van der Waals surface area contributed by atoms with E-state index in [1.54, 1.807) is 24.3 Å². The van der Waals surface area contributed by atoms with Gasteiger partial charge in [-0.1, -0.05) is 66.7 Å². The third-order valence-electron chi connectivity index (χ3n) is 5.09. The Kier molecular flexibility index (Phi) is 5.75. The maximum atomic E-state index is 13.8. The fraction of sp³-hybridized carbons (Fsp3) is 0.167. The first-order chi connectivity index (χ1) is 14.6. The van der Waals surface area contributed by atoms with E-state index in [4.69, 9.17) is 4.74 Å². The van der Waals surface area contributed by atoms with Crippen LogP contribution in [0.5, 0.6) is 5.75 Å². The van der Waals surface area contributed by atoms with Crippen LogP contribution in [0.3, 0.4) is 0 Å². The van der Waals surface area contributed by atoms with Crippen LogP contribution in [0.2, 0.25) is 0 Å². The third-order valence-corrected chi connectivity index (χ3v) is 5.09. The molecule has 2 N–H and O–H groups in total. The molecule has 2 unspecified atom stereocenters. The number of para-hydroxylation sites is 1. The van der Waals surface area contributed by atoms with E-state index in [1.807, 2.05) is 48.5 Å². The van der Waals surface area contributed by atoms with Crippen LogP contribution in [0.4, 0.5) is 4.39 Å². The summed E-state index contributed by atoms with van der Waals surface area (Å²) in [6.45, 7) is -0.245. The van der Waals surface area contributed by atoms with Crippen LogP contribution in [0.25, 0.3) is 11.1 Å². The smallest absolute Gasteiger partial charge is 0.276 e. The average Bonchev–Trinajstić information content (AvgIpc) is 3.58. The number of carbonyl (C=O) groups excluding carboxylic acids is 2. The van der Waals surface area contributed by atoms with Gasteiger partial charge in [-0.15, -0.1) is 0 Å². The van der Waals surface area contributed by atoms with Gasteiger partial charge in [-0.05, 0) is 35.6 Å². The van der Waals surface area contributed by atoms with E-state index >= 15 is 0 Å². The van der Waals surface area contributed by atoms with Gasteiger partial charge in [0.2, 0.25) is 5.91 Å². The molecule has 0 spiro atoms. The lowest BCUT2D eigenvalue weighted by molar-refractivity contribution is -0.130. The molecule has 3 aromatic carbocycles. The lowest BCUT2D eigenvalue weighted by Crippen LogP contribution is -2.44. The Morgan fingerprint density at radius 2 is 1.60 bits per heavy atom. The first-order valence-electron chi connectivity index (χ1n) is 9.74. The largest absolute Gasteiger partial charge is 0.483 e. The van der Waals surface area contributed by atoms with Crippen molar-refractivity contribution in [2.75, 3.05) is 6.61 Å². The molecule has 5 nitrogen and oxygen atoms in total. The number of hydrogen-bond donors (Lipinski definition) is 2. The predicted molar refractivity (Wildman–Crippen MR) is 111 cm³/mol. The molecule has 0 saturated heterocycles. The molecule has 0 bridgehead atoms. The molecule has 152 valence electrons. The zero-order valence-electron chi connectivity index (χ0n) is 16.2. The molecule has 0 aliphatic heterocycles. The maximum absolute atomic E-state index is 13.8. The third kappa shape index (κ3) is 4.49. The molecule has 30 heavy (non-hydrogen) atoms. The van der Waals surface area contributed by atoms with Crippen LogP contribution in [0, 0.1) is 11.7 Å². The summed E-state index contributed by atoms with van der Waals surface area (Å²) in [4.78, 5) is 24.3. The second kappa shape index (κ2) is 8.78. The summed E-state index contributed by atoms with van der Waals surface area (Å²) >= 11 is 0. The van der Waals surface area contributed by atoms with Gasteiger partial charge >= 0.3 is 0 Å². The summed E-state index contributed by atoms with van der Waals surface area (Å²) < 4.78 is 19.5.